The van der Waals surface area contributed by atoms with Crippen LogP contribution in [0.15, 0.2) is 41.3 Å². The molecule has 9 heteroatoms. The predicted octanol–water partition coefficient (Wildman–Crippen LogP) is 2.36. The minimum absolute atomic E-state index is 0.156. The van der Waals surface area contributed by atoms with Crippen LogP contribution in [-0.2, 0) is 6.54 Å². The van der Waals surface area contributed by atoms with Crippen LogP contribution in [0.1, 0.15) is 11.3 Å². The van der Waals surface area contributed by atoms with Gasteiger partial charge in [0.25, 0.3) is 5.56 Å². The quantitative estimate of drug-likeness (QED) is 0.275. The molecule has 0 saturated heterocycles. The van der Waals surface area contributed by atoms with Crippen molar-refractivity contribution in [3.05, 3.63) is 68.7 Å². The Labute approximate surface area is 160 Å². The monoisotopic (exact) mass is 386 g/mol. The summed E-state index contributed by atoms with van der Waals surface area (Å²) in [5.74, 6) is 4.90. The average molecular weight is 386 g/mol. The smallest absolute Gasteiger partial charge is 0.286 e. The van der Waals surface area contributed by atoms with Gasteiger partial charge in [-0.1, -0.05) is 6.07 Å². The zero-order chi connectivity index (χ0) is 19.7. The van der Waals surface area contributed by atoms with Crippen LogP contribution in [0.3, 0.4) is 0 Å². The number of aryl methyl sites for hydroxylation is 1. The third kappa shape index (κ3) is 4.04. The molecule has 0 spiro atoms. The Morgan fingerprint density at radius 3 is 2.74 bits per heavy atom. The van der Waals surface area contributed by atoms with Gasteiger partial charge in [0.2, 0.25) is 0 Å². The van der Waals surface area contributed by atoms with Gasteiger partial charge in [-0.05, 0) is 49.0 Å². The van der Waals surface area contributed by atoms with Crippen LogP contribution in [-0.4, -0.2) is 21.6 Å². The summed E-state index contributed by atoms with van der Waals surface area (Å²) in [5.41, 5.74) is 8.79. The SMILES string of the molecule is Cc1cc(-c2cc(F)c(=O)n(Cc3ccc(N)c(N(C)N)c3)c2)nc(=S)[nH]1. The van der Waals surface area contributed by atoms with Crippen LogP contribution in [0, 0.1) is 17.5 Å². The Balaban J connectivity index is 2.06. The molecule has 0 saturated carbocycles. The van der Waals surface area contributed by atoms with Crippen LogP contribution in [0.5, 0.6) is 0 Å². The minimum Gasteiger partial charge on any atom is -0.397 e. The Kier molecular flexibility index (Phi) is 5.06. The Bertz CT molecular complexity index is 1120. The summed E-state index contributed by atoms with van der Waals surface area (Å²) in [6, 6.07) is 8.12. The highest BCUT2D eigenvalue weighted by atomic mass is 32.1. The van der Waals surface area contributed by atoms with Crippen molar-refractivity contribution >= 4 is 23.6 Å². The molecule has 0 radical (unpaired) electrons. The van der Waals surface area contributed by atoms with Crippen molar-refractivity contribution in [1.82, 2.24) is 14.5 Å². The van der Waals surface area contributed by atoms with Crippen molar-refractivity contribution in [2.75, 3.05) is 17.8 Å². The van der Waals surface area contributed by atoms with Gasteiger partial charge < -0.3 is 20.3 Å². The zero-order valence-corrected chi connectivity index (χ0v) is 15.7. The fraction of sp³-hybridized carbons (Fsp3) is 0.167. The van der Waals surface area contributed by atoms with Crippen molar-refractivity contribution in [3.8, 4) is 11.3 Å². The van der Waals surface area contributed by atoms with Crippen LogP contribution in [0.25, 0.3) is 11.3 Å². The molecule has 0 fully saturated rings. The molecule has 1 aromatic carbocycles. The fourth-order valence-electron chi connectivity index (χ4n) is 2.77. The van der Waals surface area contributed by atoms with E-state index >= 15 is 0 Å². The molecule has 5 N–H and O–H groups in total. The molecule has 0 aliphatic heterocycles. The lowest BCUT2D eigenvalue weighted by Gasteiger charge is -2.16. The second kappa shape index (κ2) is 7.29. The summed E-state index contributed by atoms with van der Waals surface area (Å²) in [7, 11) is 1.66. The number of benzene rings is 1. The number of hydrogen-bond donors (Lipinski definition) is 3. The Morgan fingerprint density at radius 1 is 1.33 bits per heavy atom. The first-order valence-electron chi connectivity index (χ1n) is 8.10. The van der Waals surface area contributed by atoms with E-state index in [0.29, 0.717) is 22.6 Å². The van der Waals surface area contributed by atoms with Gasteiger partial charge in [0, 0.05) is 24.5 Å². The number of H-pyrrole nitrogens is 1. The molecule has 27 heavy (non-hydrogen) atoms. The van der Waals surface area contributed by atoms with Gasteiger partial charge in [0.1, 0.15) is 0 Å². The van der Waals surface area contributed by atoms with E-state index in [1.807, 2.05) is 6.92 Å². The largest absolute Gasteiger partial charge is 0.397 e. The number of hydrazine groups is 1. The highest BCUT2D eigenvalue weighted by Crippen LogP contribution is 2.23. The number of nitrogens with zero attached hydrogens (tertiary/aromatic N) is 3. The molecule has 0 bridgehead atoms. The van der Waals surface area contributed by atoms with Crippen LogP contribution >= 0.6 is 12.2 Å². The topological polar surface area (TPSA) is 106 Å². The molecule has 140 valence electrons. The lowest BCUT2D eigenvalue weighted by atomic mass is 10.1. The molecular formula is C18H19FN6OS. The van der Waals surface area contributed by atoms with Gasteiger partial charge in [-0.15, -0.1) is 0 Å². The highest BCUT2D eigenvalue weighted by molar-refractivity contribution is 7.71. The third-order valence-corrected chi connectivity index (χ3v) is 4.24. The number of rotatable bonds is 4. The second-order valence-electron chi connectivity index (χ2n) is 6.27. The molecule has 0 atom stereocenters. The number of nitrogens with two attached hydrogens (primary N) is 2. The van der Waals surface area contributed by atoms with Crippen molar-refractivity contribution in [2.45, 2.75) is 13.5 Å². The predicted molar refractivity (Wildman–Crippen MR) is 106 cm³/mol. The number of nitrogens with one attached hydrogen (secondary N) is 1. The number of halogens is 1. The molecule has 0 aliphatic rings. The Morgan fingerprint density at radius 2 is 2.07 bits per heavy atom. The molecule has 0 amide bonds. The summed E-state index contributed by atoms with van der Waals surface area (Å²) in [6.07, 6.45) is 1.56. The van der Waals surface area contributed by atoms with Crippen LogP contribution < -0.4 is 22.1 Å². The normalized spacial score (nSPS) is 10.8. The summed E-state index contributed by atoms with van der Waals surface area (Å²) < 4.78 is 15.8. The van der Waals surface area contributed by atoms with Crippen molar-refractivity contribution in [3.63, 3.8) is 0 Å². The van der Waals surface area contributed by atoms with E-state index in [1.165, 1.54) is 9.58 Å². The third-order valence-electron chi connectivity index (χ3n) is 4.05. The van der Waals surface area contributed by atoms with Crippen molar-refractivity contribution in [2.24, 2.45) is 5.84 Å². The van der Waals surface area contributed by atoms with Crippen LogP contribution in [0.2, 0.25) is 0 Å². The van der Waals surface area contributed by atoms with Crippen molar-refractivity contribution in [1.29, 1.82) is 0 Å². The summed E-state index contributed by atoms with van der Waals surface area (Å²) in [4.78, 5) is 19.4. The van der Waals surface area contributed by atoms with E-state index in [2.05, 4.69) is 9.97 Å². The number of pyridine rings is 1. The van der Waals surface area contributed by atoms with Gasteiger partial charge in [0.05, 0.1) is 23.6 Å². The maximum Gasteiger partial charge on any atom is 0.286 e. The maximum absolute atomic E-state index is 14.3. The van der Waals surface area contributed by atoms with Gasteiger partial charge in [0.15, 0.2) is 10.6 Å². The lowest BCUT2D eigenvalue weighted by Crippen LogP contribution is -2.27. The lowest BCUT2D eigenvalue weighted by molar-refractivity contribution is 0.581. The second-order valence-corrected chi connectivity index (χ2v) is 6.66. The van der Waals surface area contributed by atoms with E-state index in [0.717, 1.165) is 17.3 Å². The van der Waals surface area contributed by atoms with Gasteiger partial charge in [-0.2, -0.15) is 0 Å². The molecule has 3 rings (SSSR count). The number of anilines is 2. The zero-order valence-electron chi connectivity index (χ0n) is 14.9. The number of hydrogen-bond acceptors (Lipinski definition) is 6. The molecule has 3 aromatic rings. The molecule has 2 heterocycles. The standard InChI is InChI=1S/C18H19FN6OS/c1-10-5-15(23-18(27)22-10)12-7-13(19)17(26)25(9-12)8-11-3-4-14(20)16(6-11)24(2)21/h3-7,9H,8,20-21H2,1-2H3,(H,22,23,27). The van der Waals surface area contributed by atoms with Gasteiger partial charge >= 0.3 is 0 Å². The van der Waals surface area contributed by atoms with Gasteiger partial charge in [-0.3, -0.25) is 4.79 Å². The summed E-state index contributed by atoms with van der Waals surface area (Å²) in [5, 5.41) is 1.39. The number of aromatic amines is 1. The van der Waals surface area contributed by atoms with E-state index in [1.54, 1.807) is 37.5 Å². The first-order chi connectivity index (χ1) is 12.7. The number of aromatic nitrogens is 3. The average Bonchev–Trinajstić information content (AvgIpc) is 2.59. The molecule has 0 aliphatic carbocycles. The van der Waals surface area contributed by atoms with E-state index < -0.39 is 11.4 Å². The summed E-state index contributed by atoms with van der Waals surface area (Å²) in [6.45, 7) is 1.98. The molecular weight excluding hydrogens is 367 g/mol. The fourth-order valence-corrected chi connectivity index (χ4v) is 3.03. The van der Waals surface area contributed by atoms with E-state index in [9.17, 15) is 9.18 Å². The van der Waals surface area contributed by atoms with Gasteiger partial charge in [-0.25, -0.2) is 15.2 Å². The first-order valence-corrected chi connectivity index (χ1v) is 8.50. The minimum atomic E-state index is -0.864. The molecule has 0 unspecified atom stereocenters. The number of nitrogen functional groups attached to an aromatic ring is 1. The summed E-state index contributed by atoms with van der Waals surface area (Å²) >= 11 is 5.08. The van der Waals surface area contributed by atoms with E-state index in [-0.39, 0.29) is 11.3 Å². The van der Waals surface area contributed by atoms with E-state index in [4.69, 9.17) is 23.8 Å². The maximum atomic E-state index is 14.3. The molecule has 2 aromatic heterocycles. The Hall–Kier alpha value is -3.04. The van der Waals surface area contributed by atoms with Crippen LogP contribution in [0.4, 0.5) is 15.8 Å². The highest BCUT2D eigenvalue weighted by Gasteiger charge is 2.11. The molecule has 7 nitrogen and oxygen atoms in total. The first kappa shape index (κ1) is 18.7. The van der Waals surface area contributed by atoms with Crippen molar-refractivity contribution < 1.29 is 4.39 Å².